The number of anilines is 1. The summed E-state index contributed by atoms with van der Waals surface area (Å²) in [5, 5.41) is 0.718. The highest BCUT2D eigenvalue weighted by atomic mass is 35.5. The monoisotopic (exact) mass is 299 g/mol. The maximum atomic E-state index is 12.7. The van der Waals surface area contributed by atoms with Gasteiger partial charge < -0.3 is 4.90 Å². The largest absolute Gasteiger partial charge is 0.308 e. The molecule has 1 amide bonds. The molecular formula is C18H18ClNO. The van der Waals surface area contributed by atoms with Crippen LogP contribution in [0.3, 0.4) is 0 Å². The van der Waals surface area contributed by atoms with Crippen LogP contribution in [0.4, 0.5) is 5.69 Å². The van der Waals surface area contributed by atoms with Crippen molar-refractivity contribution in [2.75, 3.05) is 4.90 Å². The van der Waals surface area contributed by atoms with Crippen molar-refractivity contribution in [2.24, 2.45) is 5.92 Å². The summed E-state index contributed by atoms with van der Waals surface area (Å²) >= 11 is 5.93. The number of halogens is 1. The summed E-state index contributed by atoms with van der Waals surface area (Å²) in [6, 6.07) is 17.6. The predicted molar refractivity (Wildman–Crippen MR) is 86.4 cm³/mol. The van der Waals surface area contributed by atoms with Crippen LogP contribution in [0.15, 0.2) is 54.6 Å². The van der Waals surface area contributed by atoms with Crippen LogP contribution in [0, 0.1) is 5.92 Å². The van der Waals surface area contributed by atoms with Crippen LogP contribution < -0.4 is 4.90 Å². The van der Waals surface area contributed by atoms with Crippen molar-refractivity contribution < 1.29 is 4.79 Å². The second-order valence-corrected chi connectivity index (χ2v) is 5.95. The van der Waals surface area contributed by atoms with Crippen molar-refractivity contribution in [1.29, 1.82) is 0 Å². The number of carbonyl (C=O) groups is 1. The minimum atomic E-state index is 0.192. The molecule has 1 fully saturated rings. The van der Waals surface area contributed by atoms with E-state index in [1.807, 2.05) is 59.5 Å². The molecule has 3 heteroatoms. The molecule has 0 bridgehead atoms. The summed E-state index contributed by atoms with van der Waals surface area (Å²) in [6.07, 6.45) is 3.20. The molecule has 21 heavy (non-hydrogen) atoms. The summed E-state index contributed by atoms with van der Waals surface area (Å²) in [5.74, 6) is 0.430. The summed E-state index contributed by atoms with van der Waals surface area (Å²) < 4.78 is 0. The highest BCUT2D eigenvalue weighted by molar-refractivity contribution is 6.30. The number of benzene rings is 2. The van der Waals surface area contributed by atoms with Gasteiger partial charge in [0.2, 0.25) is 5.91 Å². The van der Waals surface area contributed by atoms with Crippen LogP contribution in [-0.4, -0.2) is 5.91 Å². The first kappa shape index (κ1) is 14.2. The lowest BCUT2D eigenvalue weighted by molar-refractivity contribution is -0.124. The van der Waals surface area contributed by atoms with Gasteiger partial charge in [-0.2, -0.15) is 0 Å². The number of nitrogens with zero attached hydrogens (tertiary/aromatic N) is 1. The Morgan fingerprint density at radius 2 is 1.71 bits per heavy atom. The van der Waals surface area contributed by atoms with Crippen LogP contribution in [0.5, 0.6) is 0 Å². The second-order valence-electron chi connectivity index (χ2n) is 5.51. The van der Waals surface area contributed by atoms with Gasteiger partial charge in [0.1, 0.15) is 0 Å². The number of carbonyl (C=O) groups excluding carboxylic acids is 1. The van der Waals surface area contributed by atoms with Crippen LogP contribution in [-0.2, 0) is 11.3 Å². The van der Waals surface area contributed by atoms with E-state index in [0.29, 0.717) is 6.54 Å². The Morgan fingerprint density at radius 3 is 2.29 bits per heavy atom. The minimum absolute atomic E-state index is 0.192. The molecule has 2 nitrogen and oxygen atoms in total. The van der Waals surface area contributed by atoms with Gasteiger partial charge in [0.05, 0.1) is 6.54 Å². The maximum Gasteiger partial charge on any atom is 0.230 e. The fraction of sp³-hybridized carbons (Fsp3) is 0.278. The maximum absolute atomic E-state index is 12.7. The normalized spacial score (nSPS) is 14.5. The summed E-state index contributed by atoms with van der Waals surface area (Å²) in [4.78, 5) is 14.6. The van der Waals surface area contributed by atoms with Crippen molar-refractivity contribution in [3.8, 4) is 0 Å². The smallest absolute Gasteiger partial charge is 0.230 e. The molecule has 0 N–H and O–H groups in total. The quantitative estimate of drug-likeness (QED) is 0.803. The predicted octanol–water partition coefficient (Wildman–Crippen LogP) is 4.67. The lowest BCUT2D eigenvalue weighted by atomic mass is 9.84. The molecule has 0 atom stereocenters. The minimum Gasteiger partial charge on any atom is -0.308 e. The van der Waals surface area contributed by atoms with Gasteiger partial charge in [-0.15, -0.1) is 0 Å². The van der Waals surface area contributed by atoms with E-state index in [-0.39, 0.29) is 11.8 Å². The lowest BCUT2D eigenvalue weighted by Gasteiger charge is -2.32. The van der Waals surface area contributed by atoms with E-state index in [2.05, 4.69) is 0 Å². The third kappa shape index (κ3) is 3.27. The Labute approximate surface area is 130 Å². The highest BCUT2D eigenvalue weighted by Gasteiger charge is 2.30. The van der Waals surface area contributed by atoms with Gasteiger partial charge in [0.25, 0.3) is 0 Å². The van der Waals surface area contributed by atoms with Crippen LogP contribution in [0.25, 0.3) is 0 Å². The van der Waals surface area contributed by atoms with Crippen LogP contribution in [0.2, 0.25) is 5.02 Å². The molecule has 0 aliphatic heterocycles. The van der Waals surface area contributed by atoms with Gasteiger partial charge in [-0.05, 0) is 42.7 Å². The molecule has 1 aliphatic rings. The Kier molecular flexibility index (Phi) is 4.26. The first-order valence-corrected chi connectivity index (χ1v) is 7.73. The number of para-hydroxylation sites is 1. The molecule has 1 aliphatic carbocycles. The molecule has 0 radical (unpaired) electrons. The summed E-state index contributed by atoms with van der Waals surface area (Å²) in [7, 11) is 0. The van der Waals surface area contributed by atoms with Crippen molar-refractivity contribution in [1.82, 2.24) is 0 Å². The molecule has 0 unspecified atom stereocenters. The molecule has 2 aromatic rings. The van der Waals surface area contributed by atoms with Gasteiger partial charge in [0, 0.05) is 16.6 Å². The fourth-order valence-electron chi connectivity index (χ4n) is 2.55. The SMILES string of the molecule is O=C(C1CCC1)N(Cc1ccc(Cl)cc1)c1ccccc1. The van der Waals surface area contributed by atoms with E-state index in [0.717, 1.165) is 29.1 Å². The summed E-state index contributed by atoms with van der Waals surface area (Å²) in [5.41, 5.74) is 2.06. The molecule has 108 valence electrons. The highest BCUT2D eigenvalue weighted by Crippen LogP contribution is 2.31. The molecule has 0 spiro atoms. The molecule has 1 saturated carbocycles. The second kappa shape index (κ2) is 6.31. The average molecular weight is 300 g/mol. The van der Waals surface area contributed by atoms with Crippen molar-refractivity contribution in [3.05, 3.63) is 65.2 Å². The first-order valence-electron chi connectivity index (χ1n) is 7.35. The topological polar surface area (TPSA) is 20.3 Å². The van der Waals surface area contributed by atoms with Gasteiger partial charge >= 0.3 is 0 Å². The van der Waals surface area contributed by atoms with Gasteiger partial charge in [0.15, 0.2) is 0 Å². The average Bonchev–Trinajstić information content (AvgIpc) is 2.45. The molecule has 0 heterocycles. The van der Waals surface area contributed by atoms with E-state index >= 15 is 0 Å². The summed E-state index contributed by atoms with van der Waals surface area (Å²) in [6.45, 7) is 0.594. The number of hydrogen-bond donors (Lipinski definition) is 0. The zero-order chi connectivity index (χ0) is 14.7. The van der Waals surface area contributed by atoms with E-state index in [9.17, 15) is 4.79 Å². The Balaban J connectivity index is 1.84. The number of hydrogen-bond acceptors (Lipinski definition) is 1. The first-order chi connectivity index (χ1) is 10.2. The Bertz CT molecular complexity index is 605. The lowest BCUT2D eigenvalue weighted by Crippen LogP contribution is -2.38. The van der Waals surface area contributed by atoms with E-state index in [4.69, 9.17) is 11.6 Å². The molecule has 0 aromatic heterocycles. The number of rotatable bonds is 4. The van der Waals surface area contributed by atoms with Gasteiger partial charge in [-0.25, -0.2) is 0 Å². The van der Waals surface area contributed by atoms with E-state index < -0.39 is 0 Å². The van der Waals surface area contributed by atoms with Crippen molar-refractivity contribution in [2.45, 2.75) is 25.8 Å². The van der Waals surface area contributed by atoms with Crippen LogP contribution >= 0.6 is 11.6 Å². The standard InChI is InChI=1S/C18H18ClNO/c19-16-11-9-14(10-12-16)13-20(17-7-2-1-3-8-17)18(21)15-5-4-6-15/h1-3,7-12,15H,4-6,13H2. The Morgan fingerprint density at radius 1 is 1.05 bits per heavy atom. The van der Waals surface area contributed by atoms with Gasteiger partial charge in [-0.1, -0.05) is 48.4 Å². The van der Waals surface area contributed by atoms with Gasteiger partial charge in [-0.3, -0.25) is 4.79 Å². The van der Waals surface area contributed by atoms with Crippen LogP contribution in [0.1, 0.15) is 24.8 Å². The molecule has 3 rings (SSSR count). The van der Waals surface area contributed by atoms with Crippen molar-refractivity contribution in [3.63, 3.8) is 0 Å². The third-order valence-electron chi connectivity index (χ3n) is 4.04. The number of amides is 1. The Hall–Kier alpha value is -1.80. The molecular weight excluding hydrogens is 282 g/mol. The zero-order valence-corrected chi connectivity index (χ0v) is 12.6. The zero-order valence-electron chi connectivity index (χ0n) is 11.8. The fourth-order valence-corrected chi connectivity index (χ4v) is 2.68. The third-order valence-corrected chi connectivity index (χ3v) is 4.29. The molecule has 0 saturated heterocycles. The molecule has 2 aromatic carbocycles. The van der Waals surface area contributed by atoms with Crippen molar-refractivity contribution >= 4 is 23.2 Å². The van der Waals surface area contributed by atoms with E-state index in [1.54, 1.807) is 0 Å². The van der Waals surface area contributed by atoms with E-state index in [1.165, 1.54) is 6.42 Å².